The van der Waals surface area contributed by atoms with Crippen molar-refractivity contribution < 1.29 is 27.1 Å². The number of hydrogen-bond donors (Lipinski definition) is 2. The number of nitrogens with zero attached hydrogens (tertiary/aromatic N) is 1. The standard InChI is InChI=1S/C23H28F2N2O4S/c1-4-32(30,31)26-21-19(25)14-27(22(28)23(2,3)29)20(21)12-15-7-5-8-16(11-15)17-9-6-10-18(24)13-17/h5-11,13,19-21,26,29H,4,12,14H2,1-3H3/t19-,20-,21-/m0/s1. The molecule has 0 aliphatic carbocycles. The third kappa shape index (κ3) is 5.51. The molecule has 2 N–H and O–H groups in total. The van der Waals surface area contributed by atoms with Crippen LogP contribution in [0, 0.1) is 5.82 Å². The predicted octanol–water partition coefficient (Wildman–Crippen LogP) is 2.66. The maximum Gasteiger partial charge on any atom is 0.254 e. The van der Waals surface area contributed by atoms with Crippen LogP contribution in [0.1, 0.15) is 26.3 Å². The van der Waals surface area contributed by atoms with E-state index in [0.29, 0.717) is 5.56 Å². The van der Waals surface area contributed by atoms with E-state index in [4.69, 9.17) is 0 Å². The molecule has 2 aromatic rings. The second kappa shape index (κ2) is 9.25. The fourth-order valence-corrected chi connectivity index (χ4v) is 4.81. The van der Waals surface area contributed by atoms with Crippen molar-refractivity contribution in [1.82, 2.24) is 9.62 Å². The van der Waals surface area contributed by atoms with E-state index in [2.05, 4.69) is 4.72 Å². The fourth-order valence-electron chi connectivity index (χ4n) is 3.92. The van der Waals surface area contributed by atoms with Gasteiger partial charge in [0.2, 0.25) is 10.0 Å². The second-order valence-corrected chi connectivity index (χ2v) is 10.6. The molecule has 2 aromatic carbocycles. The average molecular weight is 467 g/mol. The lowest BCUT2D eigenvalue weighted by Gasteiger charge is -2.32. The number of likely N-dealkylation sites (tertiary alicyclic amines) is 1. The molecule has 1 saturated heterocycles. The lowest BCUT2D eigenvalue weighted by Crippen LogP contribution is -2.53. The van der Waals surface area contributed by atoms with Crippen molar-refractivity contribution in [2.45, 2.75) is 51.0 Å². The first-order valence-electron chi connectivity index (χ1n) is 10.4. The normalized spacial score (nSPS) is 21.7. The summed E-state index contributed by atoms with van der Waals surface area (Å²) in [4.78, 5) is 14.0. The molecule has 1 aliphatic rings. The third-order valence-corrected chi connectivity index (χ3v) is 6.98. The molecule has 0 aromatic heterocycles. The smallest absolute Gasteiger partial charge is 0.254 e. The van der Waals surface area contributed by atoms with Gasteiger partial charge in [0.25, 0.3) is 5.91 Å². The first-order chi connectivity index (χ1) is 14.9. The molecule has 32 heavy (non-hydrogen) atoms. The average Bonchev–Trinajstić information content (AvgIpc) is 3.01. The number of halogens is 2. The lowest BCUT2D eigenvalue weighted by atomic mass is 9.96. The summed E-state index contributed by atoms with van der Waals surface area (Å²) in [5, 5.41) is 10.2. The Hall–Kier alpha value is -2.36. The highest BCUT2D eigenvalue weighted by atomic mass is 32.2. The summed E-state index contributed by atoms with van der Waals surface area (Å²) in [5.41, 5.74) is 0.386. The highest BCUT2D eigenvalue weighted by Crippen LogP contribution is 2.29. The first kappa shape index (κ1) is 24.3. The molecule has 1 amide bonds. The van der Waals surface area contributed by atoms with Crippen LogP contribution in [-0.4, -0.2) is 60.5 Å². The number of aliphatic hydroxyl groups is 1. The molecular weight excluding hydrogens is 438 g/mol. The maximum atomic E-state index is 15.0. The van der Waals surface area contributed by atoms with Gasteiger partial charge in [-0.2, -0.15) is 0 Å². The Kier molecular flexibility index (Phi) is 7.02. The van der Waals surface area contributed by atoms with Crippen molar-refractivity contribution in [3.05, 3.63) is 59.9 Å². The lowest BCUT2D eigenvalue weighted by molar-refractivity contribution is -0.149. The molecule has 1 aliphatic heterocycles. The van der Waals surface area contributed by atoms with Crippen molar-refractivity contribution in [3.8, 4) is 11.1 Å². The zero-order valence-electron chi connectivity index (χ0n) is 18.3. The Labute approximate surface area is 187 Å². The molecule has 3 rings (SSSR count). The number of carbonyl (C=O) groups excluding carboxylic acids is 1. The zero-order chi connectivity index (χ0) is 23.7. The number of alkyl halides is 1. The van der Waals surface area contributed by atoms with Gasteiger partial charge in [-0.3, -0.25) is 4.79 Å². The largest absolute Gasteiger partial charge is 0.381 e. The van der Waals surface area contributed by atoms with Crippen LogP contribution in [0.15, 0.2) is 48.5 Å². The SMILES string of the molecule is CCS(=O)(=O)N[C@H]1[C@@H](F)CN(C(=O)C(C)(C)O)[C@H]1Cc1cccc(-c2cccc(F)c2)c1. The Morgan fingerprint density at radius 3 is 2.41 bits per heavy atom. The van der Waals surface area contributed by atoms with Crippen LogP contribution in [0.3, 0.4) is 0 Å². The van der Waals surface area contributed by atoms with Crippen molar-refractivity contribution in [1.29, 1.82) is 0 Å². The molecule has 0 unspecified atom stereocenters. The van der Waals surface area contributed by atoms with Gasteiger partial charge in [-0.1, -0.05) is 36.4 Å². The summed E-state index contributed by atoms with van der Waals surface area (Å²) < 4.78 is 55.3. The predicted molar refractivity (Wildman–Crippen MR) is 119 cm³/mol. The van der Waals surface area contributed by atoms with Crippen molar-refractivity contribution in [2.24, 2.45) is 0 Å². The molecular formula is C23H28F2N2O4S. The van der Waals surface area contributed by atoms with Crippen LogP contribution in [0.25, 0.3) is 11.1 Å². The van der Waals surface area contributed by atoms with Crippen molar-refractivity contribution in [3.63, 3.8) is 0 Å². The minimum atomic E-state index is -3.73. The monoisotopic (exact) mass is 466 g/mol. The van der Waals surface area contributed by atoms with E-state index in [0.717, 1.165) is 11.1 Å². The molecule has 1 fully saturated rings. The van der Waals surface area contributed by atoms with Crippen LogP contribution in [0.5, 0.6) is 0 Å². The number of sulfonamides is 1. The zero-order valence-corrected chi connectivity index (χ0v) is 19.1. The Balaban J connectivity index is 1.96. The molecule has 6 nitrogen and oxygen atoms in total. The van der Waals surface area contributed by atoms with Crippen molar-refractivity contribution >= 4 is 15.9 Å². The highest BCUT2D eigenvalue weighted by molar-refractivity contribution is 7.89. The highest BCUT2D eigenvalue weighted by Gasteiger charge is 2.48. The quantitative estimate of drug-likeness (QED) is 0.657. The molecule has 9 heteroatoms. The minimum absolute atomic E-state index is 0.155. The summed E-state index contributed by atoms with van der Waals surface area (Å²) in [6.07, 6.45) is -1.47. The van der Waals surface area contributed by atoms with Gasteiger partial charge < -0.3 is 10.0 Å². The molecule has 0 saturated carbocycles. The van der Waals surface area contributed by atoms with Gasteiger partial charge in [0, 0.05) is 0 Å². The summed E-state index contributed by atoms with van der Waals surface area (Å²) >= 11 is 0. The molecule has 0 spiro atoms. The Morgan fingerprint density at radius 2 is 1.81 bits per heavy atom. The second-order valence-electron chi connectivity index (χ2n) is 8.56. The Morgan fingerprint density at radius 1 is 1.19 bits per heavy atom. The van der Waals surface area contributed by atoms with E-state index < -0.39 is 39.8 Å². The van der Waals surface area contributed by atoms with Gasteiger partial charge in [-0.25, -0.2) is 21.9 Å². The molecule has 174 valence electrons. The number of rotatable bonds is 7. The van der Waals surface area contributed by atoms with Crippen LogP contribution < -0.4 is 4.72 Å². The maximum absolute atomic E-state index is 15.0. The van der Waals surface area contributed by atoms with Crippen LogP contribution in [0.4, 0.5) is 8.78 Å². The van der Waals surface area contributed by atoms with Crippen LogP contribution in [0.2, 0.25) is 0 Å². The van der Waals surface area contributed by atoms with E-state index in [1.165, 1.54) is 37.8 Å². The van der Waals surface area contributed by atoms with E-state index in [-0.39, 0.29) is 24.5 Å². The topological polar surface area (TPSA) is 86.7 Å². The molecule has 0 bridgehead atoms. The van der Waals surface area contributed by atoms with Gasteiger partial charge in [0.15, 0.2) is 0 Å². The third-order valence-electron chi connectivity index (χ3n) is 5.59. The van der Waals surface area contributed by atoms with Gasteiger partial charge >= 0.3 is 0 Å². The van der Waals surface area contributed by atoms with Gasteiger partial charge in [0.05, 0.1) is 24.4 Å². The number of nitrogens with one attached hydrogen (secondary N) is 1. The van der Waals surface area contributed by atoms with E-state index >= 15 is 0 Å². The van der Waals surface area contributed by atoms with Gasteiger partial charge in [0.1, 0.15) is 17.6 Å². The summed E-state index contributed by atoms with van der Waals surface area (Å²) in [5.74, 6) is -1.28. The number of carbonyl (C=O) groups is 1. The van der Waals surface area contributed by atoms with Crippen LogP contribution in [-0.2, 0) is 21.2 Å². The van der Waals surface area contributed by atoms with E-state index in [1.54, 1.807) is 30.3 Å². The number of benzene rings is 2. The Bertz CT molecular complexity index is 1090. The summed E-state index contributed by atoms with van der Waals surface area (Å²) in [6.45, 7) is 3.75. The fraction of sp³-hybridized carbons (Fsp3) is 0.435. The number of amides is 1. The number of hydrogen-bond acceptors (Lipinski definition) is 4. The first-order valence-corrected chi connectivity index (χ1v) is 12.1. The van der Waals surface area contributed by atoms with E-state index in [9.17, 15) is 27.1 Å². The van der Waals surface area contributed by atoms with Crippen molar-refractivity contribution in [2.75, 3.05) is 12.3 Å². The van der Waals surface area contributed by atoms with E-state index in [1.807, 2.05) is 6.07 Å². The summed E-state index contributed by atoms with van der Waals surface area (Å²) in [6, 6.07) is 11.3. The summed E-state index contributed by atoms with van der Waals surface area (Å²) in [7, 11) is -3.73. The molecule has 1 heterocycles. The minimum Gasteiger partial charge on any atom is -0.381 e. The molecule has 3 atom stereocenters. The molecule has 0 radical (unpaired) electrons. The van der Waals surface area contributed by atoms with Gasteiger partial charge in [-0.15, -0.1) is 0 Å². The van der Waals surface area contributed by atoms with Crippen LogP contribution >= 0.6 is 0 Å². The van der Waals surface area contributed by atoms with Gasteiger partial charge in [-0.05, 0) is 56.0 Å².